The van der Waals surface area contributed by atoms with Crippen molar-refractivity contribution in [3.8, 4) is 39.9 Å². The van der Waals surface area contributed by atoms with Gasteiger partial charge in [0.05, 0.1) is 11.0 Å². The van der Waals surface area contributed by atoms with Gasteiger partial charge in [-0.1, -0.05) is 127 Å². The van der Waals surface area contributed by atoms with Gasteiger partial charge in [-0.3, -0.25) is 4.57 Å². The van der Waals surface area contributed by atoms with Crippen LogP contribution in [0.1, 0.15) is 0 Å². The van der Waals surface area contributed by atoms with Gasteiger partial charge in [-0.05, 0) is 56.3 Å². The average Bonchev–Trinajstić information content (AvgIpc) is 3.47. The second-order valence-electron chi connectivity index (χ2n) is 11.7. The first kappa shape index (κ1) is 24.3. The third-order valence-electron chi connectivity index (χ3n) is 9.15. The zero-order valence-corrected chi connectivity index (χ0v) is 24.1. The van der Waals surface area contributed by atoms with E-state index in [1.807, 2.05) is 24.3 Å². The number of benzene rings is 8. The molecule has 0 atom stereocenters. The molecule has 4 heteroatoms. The summed E-state index contributed by atoms with van der Waals surface area (Å²) in [6.07, 6.45) is 0. The summed E-state index contributed by atoms with van der Waals surface area (Å²) >= 11 is 0. The van der Waals surface area contributed by atoms with E-state index in [0.717, 1.165) is 33.3 Å². The Bertz CT molecular complexity index is 2690. The lowest BCUT2D eigenvalue weighted by Gasteiger charge is -2.13. The molecule has 0 aliphatic heterocycles. The van der Waals surface area contributed by atoms with Crippen LogP contribution in [0.3, 0.4) is 0 Å². The zero-order chi connectivity index (χ0) is 29.5. The number of fused-ring (bicyclic) bond motifs is 1. The molecular formula is C41H24N4. The minimum absolute atomic E-state index is 0.610. The summed E-state index contributed by atoms with van der Waals surface area (Å²) in [5, 5.41) is 10.2. The first-order chi connectivity index (χ1) is 22.3. The minimum atomic E-state index is 0.610. The SMILES string of the molecule is c1ccc(-c2cccc(-c3nc(-c4ccccc4)nc(-n4c5cccc6c7cccc8ccc9ccc4c(c9c87)c65)n3)c2)cc1. The molecule has 0 amide bonds. The number of nitrogens with zero attached hydrogens (tertiary/aromatic N) is 4. The predicted molar refractivity (Wildman–Crippen MR) is 185 cm³/mol. The van der Waals surface area contributed by atoms with E-state index < -0.39 is 0 Å². The van der Waals surface area contributed by atoms with Crippen molar-refractivity contribution in [1.82, 2.24) is 19.5 Å². The molecular weight excluding hydrogens is 548 g/mol. The van der Waals surface area contributed by atoms with Crippen LogP contribution in [0.5, 0.6) is 0 Å². The molecule has 0 aliphatic carbocycles. The molecule has 0 saturated carbocycles. The second kappa shape index (κ2) is 9.18. The quantitative estimate of drug-likeness (QED) is 0.156. The molecule has 0 spiro atoms. The average molecular weight is 573 g/mol. The third-order valence-corrected chi connectivity index (χ3v) is 9.15. The Kier molecular flexibility index (Phi) is 4.96. The van der Waals surface area contributed by atoms with E-state index in [9.17, 15) is 0 Å². The summed E-state index contributed by atoms with van der Waals surface area (Å²) in [5.74, 6) is 1.90. The summed E-state index contributed by atoms with van der Waals surface area (Å²) in [4.78, 5) is 15.4. The van der Waals surface area contributed by atoms with Crippen molar-refractivity contribution in [1.29, 1.82) is 0 Å². The van der Waals surface area contributed by atoms with E-state index in [2.05, 4.69) is 126 Å². The first-order valence-electron chi connectivity index (χ1n) is 15.2. The van der Waals surface area contributed by atoms with Crippen LogP contribution in [-0.4, -0.2) is 19.5 Å². The van der Waals surface area contributed by atoms with E-state index in [0.29, 0.717) is 17.6 Å². The van der Waals surface area contributed by atoms with E-state index in [1.54, 1.807) is 0 Å². The van der Waals surface area contributed by atoms with Crippen LogP contribution in [0.15, 0.2) is 146 Å². The highest BCUT2D eigenvalue weighted by Crippen LogP contribution is 2.46. The van der Waals surface area contributed by atoms with Gasteiger partial charge in [0.25, 0.3) is 0 Å². The highest BCUT2D eigenvalue weighted by Gasteiger charge is 2.23. The fraction of sp³-hybridized carbons (Fsp3) is 0. The topological polar surface area (TPSA) is 43.6 Å². The van der Waals surface area contributed by atoms with Crippen molar-refractivity contribution < 1.29 is 0 Å². The number of aromatic nitrogens is 4. The fourth-order valence-electron chi connectivity index (χ4n) is 7.19. The Hall–Kier alpha value is -6.13. The van der Waals surface area contributed by atoms with Crippen molar-refractivity contribution in [2.24, 2.45) is 0 Å². The van der Waals surface area contributed by atoms with Gasteiger partial charge in [-0.15, -0.1) is 0 Å². The van der Waals surface area contributed by atoms with Gasteiger partial charge in [0.15, 0.2) is 11.6 Å². The molecule has 0 unspecified atom stereocenters. The van der Waals surface area contributed by atoms with Crippen molar-refractivity contribution in [2.45, 2.75) is 0 Å². The molecule has 0 aliphatic rings. The first-order valence-corrected chi connectivity index (χ1v) is 15.2. The van der Waals surface area contributed by atoms with Gasteiger partial charge >= 0.3 is 0 Å². The summed E-state index contributed by atoms with van der Waals surface area (Å²) < 4.78 is 2.23. The molecule has 0 fully saturated rings. The number of rotatable bonds is 4. The smallest absolute Gasteiger partial charge is 0.238 e. The van der Waals surface area contributed by atoms with Crippen LogP contribution in [0.2, 0.25) is 0 Å². The van der Waals surface area contributed by atoms with Gasteiger partial charge in [-0.25, -0.2) is 4.98 Å². The monoisotopic (exact) mass is 572 g/mol. The zero-order valence-electron chi connectivity index (χ0n) is 24.1. The van der Waals surface area contributed by atoms with Gasteiger partial charge in [0.1, 0.15) is 0 Å². The Morgan fingerprint density at radius 1 is 0.356 bits per heavy atom. The predicted octanol–water partition coefficient (Wildman–Crippen LogP) is 10.3. The third kappa shape index (κ3) is 3.51. The van der Waals surface area contributed by atoms with E-state index in [-0.39, 0.29) is 0 Å². The Balaban J connectivity index is 1.30. The molecule has 8 aromatic carbocycles. The van der Waals surface area contributed by atoms with Crippen LogP contribution in [0.4, 0.5) is 0 Å². The van der Waals surface area contributed by atoms with Crippen LogP contribution in [-0.2, 0) is 0 Å². The lowest BCUT2D eigenvalue weighted by atomic mass is 9.89. The lowest BCUT2D eigenvalue weighted by molar-refractivity contribution is 0.954. The highest BCUT2D eigenvalue weighted by atomic mass is 15.2. The summed E-state index contributed by atoms with van der Waals surface area (Å²) in [6, 6.07) is 51.2. The molecule has 4 nitrogen and oxygen atoms in total. The summed E-state index contributed by atoms with van der Waals surface area (Å²) in [5.41, 5.74) is 6.37. The standard InChI is InChI=1S/C41H24N4/c1-3-10-25(11-4-1)29-15-7-16-30(24-29)40-42-39(28-12-5-2-6-13-28)43-41(44-40)45-33-19-9-18-32-31-17-8-14-26-20-21-27-22-23-34(45)38(37(32)33)36(27)35(26)31/h1-24H. The van der Waals surface area contributed by atoms with Gasteiger partial charge in [-0.2, -0.15) is 9.97 Å². The molecule has 0 radical (unpaired) electrons. The molecule has 0 N–H and O–H groups in total. The Labute approximate surface area is 258 Å². The Morgan fingerprint density at radius 3 is 1.73 bits per heavy atom. The van der Waals surface area contributed by atoms with Crippen LogP contribution in [0.25, 0.3) is 94.0 Å². The van der Waals surface area contributed by atoms with Crippen molar-refractivity contribution in [3.63, 3.8) is 0 Å². The normalized spacial score (nSPS) is 12.0. The van der Waals surface area contributed by atoms with E-state index in [1.165, 1.54) is 43.1 Å². The lowest BCUT2D eigenvalue weighted by Crippen LogP contribution is -2.06. The second-order valence-corrected chi connectivity index (χ2v) is 11.7. The van der Waals surface area contributed by atoms with Crippen LogP contribution < -0.4 is 0 Å². The summed E-state index contributed by atoms with van der Waals surface area (Å²) in [6.45, 7) is 0. The maximum atomic E-state index is 5.22. The van der Waals surface area contributed by atoms with Crippen molar-refractivity contribution >= 4 is 54.1 Å². The maximum absolute atomic E-state index is 5.22. The molecule has 10 aromatic rings. The largest absolute Gasteiger partial charge is 0.278 e. The fourth-order valence-corrected chi connectivity index (χ4v) is 7.19. The van der Waals surface area contributed by atoms with Gasteiger partial charge in [0, 0.05) is 27.3 Å². The molecule has 2 aromatic heterocycles. The maximum Gasteiger partial charge on any atom is 0.238 e. The van der Waals surface area contributed by atoms with E-state index in [4.69, 9.17) is 15.0 Å². The summed E-state index contributed by atoms with van der Waals surface area (Å²) in [7, 11) is 0. The molecule has 208 valence electrons. The van der Waals surface area contributed by atoms with Gasteiger partial charge in [0.2, 0.25) is 5.95 Å². The molecule has 45 heavy (non-hydrogen) atoms. The van der Waals surface area contributed by atoms with Gasteiger partial charge < -0.3 is 0 Å². The van der Waals surface area contributed by atoms with E-state index >= 15 is 0 Å². The molecule has 0 saturated heterocycles. The number of hydrogen-bond acceptors (Lipinski definition) is 3. The van der Waals surface area contributed by atoms with Crippen LogP contribution >= 0.6 is 0 Å². The molecule has 0 bridgehead atoms. The molecule has 10 rings (SSSR count). The van der Waals surface area contributed by atoms with Crippen LogP contribution in [0, 0.1) is 0 Å². The van der Waals surface area contributed by atoms with Crippen molar-refractivity contribution in [2.75, 3.05) is 0 Å². The number of hydrogen-bond donors (Lipinski definition) is 0. The van der Waals surface area contributed by atoms with Crippen molar-refractivity contribution in [3.05, 3.63) is 146 Å². The minimum Gasteiger partial charge on any atom is -0.278 e. The Morgan fingerprint density at radius 2 is 0.933 bits per heavy atom. The highest BCUT2D eigenvalue weighted by molar-refractivity contribution is 6.40. The molecule has 2 heterocycles.